The molecule has 3 aromatic rings. The summed E-state index contributed by atoms with van der Waals surface area (Å²) in [6.07, 6.45) is 7.73. The van der Waals surface area contributed by atoms with Crippen molar-refractivity contribution in [3.8, 4) is 11.5 Å². The Balaban J connectivity index is 1.57. The predicted octanol–water partition coefficient (Wildman–Crippen LogP) is 4.54. The fourth-order valence-electron chi connectivity index (χ4n) is 4.13. The minimum Gasteiger partial charge on any atom is -0.464 e. The molecule has 3 heterocycles. The molecular weight excluding hydrogens is 465 g/mol. The largest absolute Gasteiger partial charge is 0.464 e. The van der Waals surface area contributed by atoms with Gasteiger partial charge in [0.15, 0.2) is 0 Å². The Labute approximate surface area is 209 Å². The number of carbonyl (C=O) groups excluding carboxylic acids is 1. The van der Waals surface area contributed by atoms with Crippen molar-refractivity contribution < 1.29 is 18.3 Å². The van der Waals surface area contributed by atoms with Crippen LogP contribution in [0.2, 0.25) is 0 Å². The van der Waals surface area contributed by atoms with Crippen molar-refractivity contribution in [1.29, 1.82) is 0 Å². The van der Waals surface area contributed by atoms with E-state index in [1.807, 2.05) is 18.7 Å². The third kappa shape index (κ3) is 5.92. The van der Waals surface area contributed by atoms with E-state index in [0.29, 0.717) is 18.2 Å². The number of anilines is 2. The number of piperidine rings is 1. The van der Waals surface area contributed by atoms with Gasteiger partial charge in [0.2, 0.25) is 11.8 Å². The first-order valence-corrected chi connectivity index (χ1v) is 12.4. The zero-order valence-electron chi connectivity index (χ0n) is 20.7. The smallest absolute Gasteiger partial charge is 0.326 e. The van der Waals surface area contributed by atoms with Crippen LogP contribution in [0, 0.1) is 5.82 Å². The molecule has 1 saturated heterocycles. The second kappa shape index (κ2) is 11.8. The molecule has 1 atom stereocenters. The summed E-state index contributed by atoms with van der Waals surface area (Å²) in [5.41, 5.74) is 0.605. The molecule has 1 aromatic carbocycles. The van der Waals surface area contributed by atoms with Crippen LogP contribution in [0.15, 0.2) is 45.9 Å². The number of benzene rings is 1. The van der Waals surface area contributed by atoms with Crippen molar-refractivity contribution in [2.45, 2.75) is 58.5 Å². The highest BCUT2D eigenvalue weighted by atomic mass is 19.1. The Kier molecular flexibility index (Phi) is 8.35. The lowest BCUT2D eigenvalue weighted by Gasteiger charge is -2.29. The summed E-state index contributed by atoms with van der Waals surface area (Å²) in [5.74, 6) is -0.282. The normalized spacial score (nSPS) is 14.5. The van der Waals surface area contributed by atoms with E-state index in [2.05, 4.69) is 15.3 Å². The van der Waals surface area contributed by atoms with Crippen LogP contribution in [0.4, 0.5) is 16.0 Å². The molecule has 1 N–H and O–H groups in total. The Morgan fingerprint density at radius 1 is 1.25 bits per heavy atom. The summed E-state index contributed by atoms with van der Waals surface area (Å²) in [4.78, 5) is 36.9. The Morgan fingerprint density at radius 2 is 2.03 bits per heavy atom. The van der Waals surface area contributed by atoms with Gasteiger partial charge in [0, 0.05) is 13.1 Å². The molecule has 0 aliphatic carbocycles. The van der Waals surface area contributed by atoms with Gasteiger partial charge in [-0.1, -0.05) is 25.5 Å². The van der Waals surface area contributed by atoms with E-state index in [-0.39, 0.29) is 29.2 Å². The van der Waals surface area contributed by atoms with Gasteiger partial charge in [0.05, 0.1) is 24.4 Å². The monoisotopic (exact) mass is 497 g/mol. The summed E-state index contributed by atoms with van der Waals surface area (Å²) in [6, 6.07) is 5.79. The van der Waals surface area contributed by atoms with E-state index in [1.54, 1.807) is 18.2 Å². The van der Waals surface area contributed by atoms with E-state index in [1.165, 1.54) is 23.1 Å². The van der Waals surface area contributed by atoms with E-state index in [9.17, 15) is 14.0 Å². The number of halogens is 1. The minimum atomic E-state index is -0.471. The first kappa shape index (κ1) is 25.4. The van der Waals surface area contributed by atoms with Crippen LogP contribution < -0.4 is 15.8 Å². The lowest BCUT2D eigenvalue weighted by Crippen LogP contribution is -2.38. The van der Waals surface area contributed by atoms with Crippen molar-refractivity contribution in [3.63, 3.8) is 0 Å². The van der Waals surface area contributed by atoms with Gasteiger partial charge in [-0.15, -0.1) is 0 Å². The molecule has 10 heteroatoms. The third-order valence-corrected chi connectivity index (χ3v) is 6.16. The Morgan fingerprint density at radius 3 is 2.78 bits per heavy atom. The fourth-order valence-corrected chi connectivity index (χ4v) is 4.13. The zero-order chi connectivity index (χ0) is 25.5. The highest BCUT2D eigenvalue weighted by Crippen LogP contribution is 2.25. The average Bonchev–Trinajstić information content (AvgIpc) is 3.38. The van der Waals surface area contributed by atoms with Crippen molar-refractivity contribution in [2.24, 2.45) is 0 Å². The number of nitrogens with zero attached hydrogens (tertiary/aromatic N) is 4. The second-order valence-corrected chi connectivity index (χ2v) is 8.91. The zero-order valence-corrected chi connectivity index (χ0v) is 20.7. The molecule has 9 nitrogen and oxygen atoms in total. The van der Waals surface area contributed by atoms with Gasteiger partial charge in [-0.05, 0) is 44.7 Å². The lowest BCUT2D eigenvalue weighted by molar-refractivity contribution is -0.144. The van der Waals surface area contributed by atoms with E-state index < -0.39 is 17.8 Å². The molecule has 4 rings (SSSR count). The number of esters is 1. The summed E-state index contributed by atoms with van der Waals surface area (Å²) in [7, 11) is 0. The van der Waals surface area contributed by atoms with E-state index >= 15 is 0 Å². The molecule has 0 amide bonds. The van der Waals surface area contributed by atoms with Crippen LogP contribution in [-0.4, -0.2) is 40.2 Å². The van der Waals surface area contributed by atoms with Crippen molar-refractivity contribution in [3.05, 3.63) is 58.6 Å². The average molecular weight is 498 g/mol. The van der Waals surface area contributed by atoms with Crippen LogP contribution >= 0.6 is 0 Å². The second-order valence-electron chi connectivity index (χ2n) is 8.91. The van der Waals surface area contributed by atoms with Gasteiger partial charge < -0.3 is 19.4 Å². The maximum Gasteiger partial charge on any atom is 0.326 e. The Bertz CT molecular complexity index is 1240. The maximum atomic E-state index is 14.1. The van der Waals surface area contributed by atoms with Gasteiger partial charge in [-0.25, -0.2) is 14.4 Å². The topological polar surface area (TPSA) is 102 Å². The number of rotatable bonds is 10. The number of ether oxygens (including phenoxy) is 1. The van der Waals surface area contributed by atoms with Crippen molar-refractivity contribution >= 4 is 17.6 Å². The van der Waals surface area contributed by atoms with Gasteiger partial charge in [-0.2, -0.15) is 0 Å². The molecule has 1 fully saturated rings. The molecule has 1 aliphatic heterocycles. The molecule has 0 spiro atoms. The molecule has 0 bridgehead atoms. The first-order valence-electron chi connectivity index (χ1n) is 12.4. The molecule has 0 unspecified atom stereocenters. The van der Waals surface area contributed by atoms with Crippen LogP contribution in [0.5, 0.6) is 0 Å². The molecule has 2 aromatic heterocycles. The maximum absolute atomic E-state index is 14.1. The van der Waals surface area contributed by atoms with Crippen LogP contribution in [0.25, 0.3) is 11.5 Å². The molecular formula is C26H32FN5O4. The predicted molar refractivity (Wildman–Crippen MR) is 134 cm³/mol. The summed E-state index contributed by atoms with van der Waals surface area (Å²) in [6.45, 7) is 5.48. The number of carbonyl (C=O) groups is 1. The fraction of sp³-hybridized carbons (Fsp3) is 0.462. The summed E-state index contributed by atoms with van der Waals surface area (Å²) >= 11 is 0. The highest BCUT2D eigenvalue weighted by Gasteiger charge is 2.22. The number of hydrogen-bond acceptors (Lipinski definition) is 8. The standard InChI is InChI=1S/C26H32FN5O4/c1-3-4-14-35-23(33)16-32-25(34)21(15-28-26(32)31-12-8-5-9-13-31)29-18(2)22-17-36-24(30-22)19-10-6-7-11-20(19)27/h6-7,10-11,15,17-18,29H,3-5,8-9,12-14,16H2,1-2H3/t18-/m1/s1. The van der Waals surface area contributed by atoms with Crippen molar-refractivity contribution in [1.82, 2.24) is 14.5 Å². The van der Waals surface area contributed by atoms with Crippen LogP contribution in [-0.2, 0) is 16.1 Å². The number of oxazole rings is 1. The van der Waals surface area contributed by atoms with E-state index in [0.717, 1.165) is 45.2 Å². The molecule has 1 aliphatic rings. The summed E-state index contributed by atoms with van der Waals surface area (Å²) in [5, 5.41) is 3.12. The highest BCUT2D eigenvalue weighted by molar-refractivity contribution is 5.70. The Hall–Kier alpha value is -3.69. The molecule has 0 radical (unpaired) electrons. The molecule has 36 heavy (non-hydrogen) atoms. The van der Waals surface area contributed by atoms with Gasteiger partial charge in [0.25, 0.3) is 5.56 Å². The quantitative estimate of drug-likeness (QED) is 0.322. The van der Waals surface area contributed by atoms with E-state index in [4.69, 9.17) is 9.15 Å². The van der Waals surface area contributed by atoms with Gasteiger partial charge in [-0.3, -0.25) is 14.2 Å². The van der Waals surface area contributed by atoms with Gasteiger partial charge >= 0.3 is 5.97 Å². The first-order chi connectivity index (χ1) is 17.5. The van der Waals surface area contributed by atoms with Crippen LogP contribution in [0.3, 0.4) is 0 Å². The SMILES string of the molecule is CCCCOC(=O)Cn1c(N2CCCCC2)ncc(N[C@H](C)c2coc(-c3ccccc3F)n2)c1=O. The number of unbranched alkanes of at least 4 members (excludes halogenated alkanes) is 1. The number of aromatic nitrogens is 3. The lowest BCUT2D eigenvalue weighted by atomic mass is 10.1. The van der Waals surface area contributed by atoms with Gasteiger partial charge in [0.1, 0.15) is 30.0 Å². The molecule has 192 valence electrons. The summed E-state index contributed by atoms with van der Waals surface area (Å²) < 4.78 is 26.3. The minimum absolute atomic E-state index is 0.155. The third-order valence-electron chi connectivity index (χ3n) is 6.16. The van der Waals surface area contributed by atoms with Crippen molar-refractivity contribution in [2.75, 3.05) is 29.9 Å². The van der Waals surface area contributed by atoms with Crippen LogP contribution in [0.1, 0.15) is 57.7 Å². The number of hydrogen-bond donors (Lipinski definition) is 1. The number of nitrogens with one attached hydrogen (secondary N) is 1. The molecule has 0 saturated carbocycles.